The molecule has 0 bridgehead atoms. The molecule has 0 saturated carbocycles. The van der Waals surface area contributed by atoms with Crippen LogP contribution in [0.5, 0.6) is 0 Å². The topological polar surface area (TPSA) is 133 Å². The molecule has 230 valence electrons. The van der Waals surface area contributed by atoms with Crippen LogP contribution in [0, 0.1) is 11.8 Å². The SMILES string of the molecule is CCCCCCCCCCC(CCCCC(CCCCCCCCCC)COS(=O)(=O)[O-])COS(=O)(=O)[O-].[Na+].[Na+]. The maximum Gasteiger partial charge on any atom is 1.00 e. The van der Waals surface area contributed by atoms with E-state index in [1.807, 2.05) is 0 Å². The molecule has 0 aromatic carbocycles. The summed E-state index contributed by atoms with van der Waals surface area (Å²) in [6.07, 6.45) is 23.8. The van der Waals surface area contributed by atoms with Crippen molar-refractivity contribution in [1.29, 1.82) is 0 Å². The maximum atomic E-state index is 11.0. The number of hydrogen-bond acceptors (Lipinski definition) is 8. The summed E-state index contributed by atoms with van der Waals surface area (Å²) in [5, 5.41) is 0. The molecule has 0 heterocycles. The molecule has 0 aromatic heterocycles. The van der Waals surface area contributed by atoms with Crippen molar-refractivity contribution in [3.63, 3.8) is 0 Å². The Hall–Kier alpha value is 1.74. The van der Waals surface area contributed by atoms with Gasteiger partial charge in [0.05, 0.1) is 13.2 Å². The summed E-state index contributed by atoms with van der Waals surface area (Å²) in [5.41, 5.74) is 0. The molecule has 2 atom stereocenters. The molecule has 2 unspecified atom stereocenters. The molecule has 0 saturated heterocycles. The smallest absolute Gasteiger partial charge is 0.726 e. The molecule has 0 fully saturated rings. The average molecular weight is 631 g/mol. The van der Waals surface area contributed by atoms with Crippen LogP contribution < -0.4 is 59.1 Å². The van der Waals surface area contributed by atoms with E-state index >= 15 is 0 Å². The first kappa shape index (κ1) is 46.2. The molecule has 0 spiro atoms. The third-order valence-electron chi connectivity index (χ3n) is 7.30. The second-order valence-electron chi connectivity index (χ2n) is 10.9. The summed E-state index contributed by atoms with van der Waals surface area (Å²) in [7, 11) is -9.42. The summed E-state index contributed by atoms with van der Waals surface area (Å²) in [6.45, 7) is 4.24. The van der Waals surface area contributed by atoms with E-state index in [1.165, 1.54) is 77.0 Å². The van der Waals surface area contributed by atoms with E-state index in [-0.39, 0.29) is 84.2 Å². The Morgan fingerprint density at radius 2 is 0.675 bits per heavy atom. The zero-order valence-corrected chi connectivity index (χ0v) is 31.8. The Bertz CT molecular complexity index is 675. The van der Waals surface area contributed by atoms with Crippen LogP contribution in [0.15, 0.2) is 0 Å². The standard InChI is InChI=1S/C28H58O8S2.2Na/c1-3-5-7-9-11-13-15-17-21-27(25-35-37(29,30)31)23-19-20-24-28(26-36-38(32,33)34)22-18-16-14-12-10-8-6-4-2;;/h27-28H,3-26H2,1-2H3,(H,29,30,31)(H,32,33,34);;/q;2*+1/p-2. The van der Waals surface area contributed by atoms with E-state index < -0.39 is 20.8 Å². The van der Waals surface area contributed by atoms with E-state index in [4.69, 9.17) is 0 Å². The van der Waals surface area contributed by atoms with Gasteiger partial charge in [0.15, 0.2) is 0 Å². The van der Waals surface area contributed by atoms with Gasteiger partial charge in [-0.1, -0.05) is 129 Å². The van der Waals surface area contributed by atoms with Gasteiger partial charge >= 0.3 is 59.1 Å². The summed E-state index contributed by atoms with van der Waals surface area (Å²) in [6, 6.07) is 0. The van der Waals surface area contributed by atoms with E-state index in [2.05, 4.69) is 22.2 Å². The molecule has 0 rings (SSSR count). The van der Waals surface area contributed by atoms with E-state index in [0.29, 0.717) is 0 Å². The Morgan fingerprint density at radius 1 is 0.450 bits per heavy atom. The predicted octanol–water partition coefficient (Wildman–Crippen LogP) is 1.80. The normalized spacial score (nSPS) is 13.4. The largest absolute Gasteiger partial charge is 1.00 e. The number of hydrogen-bond donors (Lipinski definition) is 0. The van der Waals surface area contributed by atoms with Crippen molar-refractivity contribution in [2.75, 3.05) is 13.2 Å². The molecule has 0 N–H and O–H groups in total. The Balaban J connectivity index is -0.00000684. The Labute approximate surface area is 291 Å². The first-order valence-electron chi connectivity index (χ1n) is 15.3. The molecular weight excluding hydrogens is 574 g/mol. The second kappa shape index (κ2) is 30.8. The van der Waals surface area contributed by atoms with Crippen LogP contribution in [0.1, 0.15) is 155 Å². The van der Waals surface area contributed by atoms with Gasteiger partial charge in [-0.2, -0.15) is 0 Å². The van der Waals surface area contributed by atoms with E-state index in [0.717, 1.165) is 64.2 Å². The average Bonchev–Trinajstić information content (AvgIpc) is 2.84. The summed E-state index contributed by atoms with van der Waals surface area (Å²) in [4.78, 5) is 0. The summed E-state index contributed by atoms with van der Waals surface area (Å²) < 4.78 is 74.9. The second-order valence-corrected chi connectivity index (χ2v) is 13.0. The van der Waals surface area contributed by atoms with Crippen molar-refractivity contribution in [2.45, 2.75) is 155 Å². The van der Waals surface area contributed by atoms with E-state index in [1.54, 1.807) is 0 Å². The molecule has 0 aliphatic rings. The fraction of sp³-hybridized carbons (Fsp3) is 1.00. The van der Waals surface area contributed by atoms with Gasteiger partial charge in [-0.15, -0.1) is 0 Å². The first-order chi connectivity index (χ1) is 18.1. The summed E-state index contributed by atoms with van der Waals surface area (Å²) >= 11 is 0. The van der Waals surface area contributed by atoms with Crippen LogP contribution >= 0.6 is 0 Å². The molecule has 0 amide bonds. The molecule has 8 nitrogen and oxygen atoms in total. The van der Waals surface area contributed by atoms with Crippen LogP contribution in [0.3, 0.4) is 0 Å². The minimum atomic E-state index is -4.71. The predicted molar refractivity (Wildman–Crippen MR) is 151 cm³/mol. The molecule has 40 heavy (non-hydrogen) atoms. The molecule has 0 radical (unpaired) electrons. The number of rotatable bonds is 29. The molecule has 0 aliphatic carbocycles. The molecule has 0 aromatic rings. The van der Waals surface area contributed by atoms with Crippen molar-refractivity contribution in [2.24, 2.45) is 11.8 Å². The van der Waals surface area contributed by atoms with Gasteiger partial charge < -0.3 is 9.11 Å². The first-order valence-corrected chi connectivity index (χ1v) is 17.9. The van der Waals surface area contributed by atoms with Crippen LogP contribution in [0.25, 0.3) is 0 Å². The molecule has 12 heteroatoms. The van der Waals surface area contributed by atoms with Crippen LogP contribution in [0.4, 0.5) is 0 Å². The Kier molecular flexibility index (Phi) is 35.5. The minimum absolute atomic E-state index is 0. The van der Waals surface area contributed by atoms with Gasteiger partial charge in [-0.05, 0) is 37.5 Å². The van der Waals surface area contributed by atoms with Crippen LogP contribution in [0.2, 0.25) is 0 Å². The van der Waals surface area contributed by atoms with Gasteiger partial charge in [0, 0.05) is 0 Å². The van der Waals surface area contributed by atoms with Crippen LogP contribution in [-0.4, -0.2) is 39.2 Å². The fourth-order valence-corrected chi connectivity index (χ4v) is 5.70. The third kappa shape index (κ3) is 35.9. The third-order valence-corrected chi connectivity index (χ3v) is 8.15. The summed E-state index contributed by atoms with van der Waals surface area (Å²) in [5.74, 6) is 0.00601. The Morgan fingerprint density at radius 3 is 0.925 bits per heavy atom. The quantitative estimate of drug-likeness (QED) is 0.0529. The van der Waals surface area contributed by atoms with Gasteiger partial charge in [0.1, 0.15) is 0 Å². The molecular formula is C28H56Na2O8S2. The van der Waals surface area contributed by atoms with Gasteiger partial charge in [0.2, 0.25) is 20.8 Å². The zero-order valence-electron chi connectivity index (χ0n) is 26.2. The van der Waals surface area contributed by atoms with Crippen LogP contribution in [-0.2, 0) is 29.2 Å². The van der Waals surface area contributed by atoms with Gasteiger partial charge in [0.25, 0.3) is 0 Å². The molecule has 0 aliphatic heterocycles. The van der Waals surface area contributed by atoms with Gasteiger partial charge in [-0.3, -0.25) is 8.37 Å². The monoisotopic (exact) mass is 630 g/mol. The maximum absolute atomic E-state index is 11.0. The van der Waals surface area contributed by atoms with Crippen molar-refractivity contribution in [3.05, 3.63) is 0 Å². The minimum Gasteiger partial charge on any atom is -0.726 e. The van der Waals surface area contributed by atoms with Crippen molar-refractivity contribution in [1.82, 2.24) is 0 Å². The fourth-order valence-electron chi connectivity index (χ4n) is 4.98. The van der Waals surface area contributed by atoms with Crippen molar-refractivity contribution in [3.8, 4) is 0 Å². The van der Waals surface area contributed by atoms with Gasteiger partial charge in [-0.25, -0.2) is 16.8 Å². The van der Waals surface area contributed by atoms with Crippen molar-refractivity contribution >= 4 is 20.8 Å². The zero-order chi connectivity index (χ0) is 28.5. The van der Waals surface area contributed by atoms with E-state index in [9.17, 15) is 25.9 Å². The number of unbranched alkanes of at least 4 members (excludes halogenated alkanes) is 15. The van der Waals surface area contributed by atoms with Crippen molar-refractivity contribution < 1.29 is 93.4 Å².